The van der Waals surface area contributed by atoms with Crippen LogP contribution in [-0.2, 0) is 0 Å². The summed E-state index contributed by atoms with van der Waals surface area (Å²) in [5.41, 5.74) is 17.5. The number of hydrogen-bond acceptors (Lipinski definition) is 5. The maximum Gasteiger partial charge on any atom is 0.240 e. The van der Waals surface area contributed by atoms with Crippen LogP contribution in [0.5, 0.6) is 0 Å². The number of hydrogen-bond donors (Lipinski definition) is 2. The second-order valence-corrected chi connectivity index (χ2v) is 5.73. The molecular formula is C17H17N7. The third-order valence-electron chi connectivity index (χ3n) is 4.08. The maximum atomic E-state index is 6.42. The van der Waals surface area contributed by atoms with Crippen molar-refractivity contribution in [3.8, 4) is 16.8 Å². The van der Waals surface area contributed by atoms with Crippen LogP contribution in [0.4, 0.5) is 11.8 Å². The minimum absolute atomic E-state index is 0.243. The zero-order valence-electron chi connectivity index (χ0n) is 13.4. The molecule has 4 aromatic rings. The van der Waals surface area contributed by atoms with Crippen LogP contribution in [0.25, 0.3) is 22.5 Å². The molecule has 0 fully saturated rings. The number of nitrogens with zero attached hydrogens (tertiary/aromatic N) is 5. The molecule has 0 bridgehead atoms. The fourth-order valence-corrected chi connectivity index (χ4v) is 2.93. The van der Waals surface area contributed by atoms with Crippen molar-refractivity contribution in [1.29, 1.82) is 0 Å². The van der Waals surface area contributed by atoms with Gasteiger partial charge in [-0.05, 0) is 37.6 Å². The van der Waals surface area contributed by atoms with Crippen LogP contribution >= 0.6 is 0 Å². The Kier molecular flexibility index (Phi) is 3.02. The Morgan fingerprint density at radius 1 is 0.958 bits per heavy atom. The second-order valence-electron chi connectivity index (χ2n) is 5.73. The van der Waals surface area contributed by atoms with E-state index < -0.39 is 0 Å². The first-order valence-electron chi connectivity index (χ1n) is 7.58. The van der Waals surface area contributed by atoms with Crippen molar-refractivity contribution in [2.24, 2.45) is 0 Å². The molecule has 0 aliphatic rings. The molecule has 0 atom stereocenters. The monoisotopic (exact) mass is 319 g/mol. The average molecular weight is 319 g/mol. The van der Waals surface area contributed by atoms with Crippen LogP contribution in [0.2, 0.25) is 0 Å². The Labute approximate surface area is 138 Å². The van der Waals surface area contributed by atoms with E-state index >= 15 is 0 Å². The summed E-state index contributed by atoms with van der Waals surface area (Å²) < 4.78 is 3.43. The van der Waals surface area contributed by atoms with Gasteiger partial charge in [-0.3, -0.25) is 0 Å². The van der Waals surface area contributed by atoms with E-state index in [1.165, 1.54) is 0 Å². The van der Waals surface area contributed by atoms with Gasteiger partial charge in [0.15, 0.2) is 5.65 Å². The summed E-state index contributed by atoms with van der Waals surface area (Å²) in [6.45, 7) is 3.98. The summed E-state index contributed by atoms with van der Waals surface area (Å²) in [6.07, 6.45) is 1.86. The molecule has 0 spiro atoms. The van der Waals surface area contributed by atoms with Crippen molar-refractivity contribution in [3.05, 3.63) is 53.9 Å². The molecule has 4 N–H and O–H groups in total. The number of anilines is 2. The minimum Gasteiger partial charge on any atom is -0.383 e. The summed E-state index contributed by atoms with van der Waals surface area (Å²) in [6, 6.07) is 11.8. The molecule has 0 aliphatic carbocycles. The number of rotatable bonds is 2. The Balaban J connectivity index is 1.90. The number of nitrogens with two attached hydrogens (primary N) is 2. The molecule has 7 nitrogen and oxygen atoms in total. The Hall–Kier alpha value is -3.35. The summed E-state index contributed by atoms with van der Waals surface area (Å²) >= 11 is 0. The van der Waals surface area contributed by atoms with Gasteiger partial charge >= 0.3 is 0 Å². The Morgan fingerprint density at radius 3 is 2.54 bits per heavy atom. The van der Waals surface area contributed by atoms with Gasteiger partial charge in [-0.25, -0.2) is 9.20 Å². The molecule has 3 aromatic heterocycles. The van der Waals surface area contributed by atoms with Gasteiger partial charge in [0.1, 0.15) is 5.82 Å². The van der Waals surface area contributed by atoms with Crippen molar-refractivity contribution in [2.45, 2.75) is 13.8 Å². The molecule has 0 saturated carbocycles. The van der Waals surface area contributed by atoms with Crippen molar-refractivity contribution < 1.29 is 0 Å². The molecule has 4 rings (SSSR count). The molecule has 0 aliphatic heterocycles. The molecule has 7 heteroatoms. The van der Waals surface area contributed by atoms with Crippen LogP contribution < -0.4 is 11.5 Å². The van der Waals surface area contributed by atoms with E-state index in [9.17, 15) is 0 Å². The van der Waals surface area contributed by atoms with Crippen molar-refractivity contribution in [3.63, 3.8) is 0 Å². The molecule has 24 heavy (non-hydrogen) atoms. The van der Waals surface area contributed by atoms with E-state index in [2.05, 4.69) is 15.2 Å². The number of benzene rings is 1. The van der Waals surface area contributed by atoms with E-state index in [1.807, 2.05) is 56.4 Å². The number of nitrogen functional groups attached to an aromatic ring is 2. The third-order valence-corrected chi connectivity index (χ3v) is 4.08. The number of fused-ring (bicyclic) bond motifs is 1. The summed E-state index contributed by atoms with van der Waals surface area (Å²) in [5.74, 6) is 0.835. The topological polar surface area (TPSA) is 100 Å². The highest BCUT2D eigenvalue weighted by atomic mass is 15.3. The van der Waals surface area contributed by atoms with E-state index in [0.717, 1.165) is 28.1 Å². The standard InChI is InChI=1S/C17H17N7/c1-10-5-3-4-6-13(10)24-16(18)15(11(2)21-24)12-7-8-14-20-17(19)22-23(14)9-12/h3-9H,18H2,1-2H3,(H2,19,22). The number of aromatic nitrogens is 5. The molecule has 3 heterocycles. The fraction of sp³-hybridized carbons (Fsp3) is 0.118. The van der Waals surface area contributed by atoms with E-state index in [-0.39, 0.29) is 5.95 Å². The summed E-state index contributed by atoms with van der Waals surface area (Å²) in [4.78, 5) is 4.13. The molecule has 0 amide bonds. The highest BCUT2D eigenvalue weighted by Gasteiger charge is 2.17. The van der Waals surface area contributed by atoms with Gasteiger partial charge in [0, 0.05) is 17.3 Å². The molecule has 0 unspecified atom stereocenters. The lowest BCUT2D eigenvalue weighted by Crippen LogP contribution is -2.04. The van der Waals surface area contributed by atoms with E-state index in [4.69, 9.17) is 11.5 Å². The third kappa shape index (κ3) is 2.10. The van der Waals surface area contributed by atoms with Crippen LogP contribution in [0.1, 0.15) is 11.3 Å². The lowest BCUT2D eigenvalue weighted by molar-refractivity contribution is 0.865. The largest absolute Gasteiger partial charge is 0.383 e. The zero-order chi connectivity index (χ0) is 16.8. The quantitative estimate of drug-likeness (QED) is 0.591. The van der Waals surface area contributed by atoms with Crippen LogP contribution in [0.15, 0.2) is 42.6 Å². The average Bonchev–Trinajstić information content (AvgIpc) is 3.06. The highest BCUT2D eigenvalue weighted by Crippen LogP contribution is 2.32. The molecule has 1 aromatic carbocycles. The van der Waals surface area contributed by atoms with Gasteiger partial charge in [0.05, 0.1) is 11.4 Å². The SMILES string of the molecule is Cc1ccccc1-n1nc(C)c(-c2ccc3nc(N)nn3c2)c1N. The normalized spacial score (nSPS) is 11.2. The van der Waals surface area contributed by atoms with Crippen molar-refractivity contribution in [1.82, 2.24) is 24.4 Å². The van der Waals surface area contributed by atoms with Gasteiger partial charge in [-0.2, -0.15) is 10.1 Å². The summed E-state index contributed by atoms with van der Waals surface area (Å²) in [7, 11) is 0. The van der Waals surface area contributed by atoms with Crippen molar-refractivity contribution in [2.75, 3.05) is 11.5 Å². The number of para-hydroxylation sites is 1. The fourth-order valence-electron chi connectivity index (χ4n) is 2.93. The lowest BCUT2D eigenvalue weighted by atomic mass is 10.1. The van der Waals surface area contributed by atoms with E-state index in [1.54, 1.807) is 9.20 Å². The first-order valence-corrected chi connectivity index (χ1v) is 7.58. The van der Waals surface area contributed by atoms with Crippen LogP contribution in [0.3, 0.4) is 0 Å². The maximum absolute atomic E-state index is 6.42. The van der Waals surface area contributed by atoms with Crippen LogP contribution in [-0.4, -0.2) is 24.4 Å². The zero-order valence-corrected chi connectivity index (χ0v) is 13.4. The molecule has 0 radical (unpaired) electrons. The Morgan fingerprint density at radius 2 is 1.75 bits per heavy atom. The van der Waals surface area contributed by atoms with Gasteiger partial charge in [-0.1, -0.05) is 18.2 Å². The molecular weight excluding hydrogens is 302 g/mol. The van der Waals surface area contributed by atoms with Gasteiger partial charge in [0.25, 0.3) is 0 Å². The first kappa shape index (κ1) is 14.3. The smallest absolute Gasteiger partial charge is 0.240 e. The molecule has 120 valence electrons. The molecule has 0 saturated heterocycles. The lowest BCUT2D eigenvalue weighted by Gasteiger charge is -2.08. The van der Waals surface area contributed by atoms with Gasteiger partial charge in [-0.15, -0.1) is 5.10 Å². The number of pyridine rings is 1. The second kappa shape index (κ2) is 5.09. The Bertz CT molecular complexity index is 1060. The minimum atomic E-state index is 0.243. The van der Waals surface area contributed by atoms with Gasteiger partial charge < -0.3 is 11.5 Å². The number of aryl methyl sites for hydroxylation is 2. The highest BCUT2D eigenvalue weighted by molar-refractivity contribution is 5.78. The van der Waals surface area contributed by atoms with Crippen molar-refractivity contribution >= 4 is 17.4 Å². The predicted octanol–water partition coefficient (Wildman–Crippen LogP) is 2.36. The van der Waals surface area contributed by atoms with Gasteiger partial charge in [0.2, 0.25) is 5.95 Å². The summed E-state index contributed by atoms with van der Waals surface area (Å²) in [5, 5.41) is 8.78. The van der Waals surface area contributed by atoms with E-state index in [0.29, 0.717) is 11.5 Å². The predicted molar refractivity (Wildman–Crippen MR) is 93.8 cm³/mol. The first-order chi connectivity index (χ1) is 11.5. The van der Waals surface area contributed by atoms with Crippen LogP contribution in [0, 0.1) is 13.8 Å².